The van der Waals surface area contributed by atoms with Crippen LogP contribution in [0.15, 0.2) is 11.6 Å². The number of carbonyl (C=O) groups is 1. The molecule has 0 saturated heterocycles. The van der Waals surface area contributed by atoms with Crippen LogP contribution < -0.4 is 0 Å². The molecular formula is C10H16O. The number of rotatable bonds is 0. The lowest BCUT2D eigenvalue weighted by molar-refractivity contribution is -0.116. The molecule has 0 saturated carbocycles. The summed E-state index contributed by atoms with van der Waals surface area (Å²) in [6.07, 6.45) is 2.50. The molecule has 0 unspecified atom stereocenters. The van der Waals surface area contributed by atoms with Crippen molar-refractivity contribution in [2.75, 3.05) is 0 Å². The summed E-state index contributed by atoms with van der Waals surface area (Å²) < 4.78 is 0. The van der Waals surface area contributed by atoms with Crippen molar-refractivity contribution < 1.29 is 4.79 Å². The van der Waals surface area contributed by atoms with Gasteiger partial charge >= 0.3 is 0 Å². The maximum atomic E-state index is 11.1. The third-order valence-corrected chi connectivity index (χ3v) is 3.13. The lowest BCUT2D eigenvalue weighted by Crippen LogP contribution is -2.29. The molecule has 0 fully saturated rings. The summed E-state index contributed by atoms with van der Waals surface area (Å²) in [5.74, 6) is 0.773. The van der Waals surface area contributed by atoms with Gasteiger partial charge in [0.25, 0.3) is 0 Å². The van der Waals surface area contributed by atoms with Gasteiger partial charge in [0.05, 0.1) is 0 Å². The minimum Gasteiger partial charge on any atom is -0.295 e. The van der Waals surface area contributed by atoms with Crippen molar-refractivity contribution in [3.05, 3.63) is 11.6 Å². The lowest BCUT2D eigenvalue weighted by atomic mass is 9.69. The summed E-state index contributed by atoms with van der Waals surface area (Å²) in [5.41, 5.74) is 1.44. The average molecular weight is 152 g/mol. The van der Waals surface area contributed by atoms with Gasteiger partial charge in [-0.1, -0.05) is 26.3 Å². The Balaban J connectivity index is 2.99. The molecule has 11 heavy (non-hydrogen) atoms. The zero-order valence-electron chi connectivity index (χ0n) is 7.77. The van der Waals surface area contributed by atoms with Crippen LogP contribution in [0.4, 0.5) is 0 Å². The van der Waals surface area contributed by atoms with Gasteiger partial charge in [-0.3, -0.25) is 4.79 Å². The third-order valence-electron chi connectivity index (χ3n) is 3.13. The molecule has 0 aromatic heterocycles. The van der Waals surface area contributed by atoms with Crippen LogP contribution in [-0.4, -0.2) is 5.78 Å². The first-order chi connectivity index (χ1) is 4.94. The van der Waals surface area contributed by atoms with Gasteiger partial charge in [0.15, 0.2) is 5.78 Å². The molecule has 1 nitrogen and oxygen atoms in total. The quantitative estimate of drug-likeness (QED) is 0.521. The predicted octanol–water partition coefficient (Wildman–Crippen LogP) is 2.57. The Morgan fingerprint density at radius 3 is 2.55 bits per heavy atom. The highest BCUT2D eigenvalue weighted by Gasteiger charge is 2.32. The molecule has 1 atom stereocenters. The minimum atomic E-state index is 0.216. The highest BCUT2D eigenvalue weighted by atomic mass is 16.1. The van der Waals surface area contributed by atoms with E-state index >= 15 is 0 Å². The maximum Gasteiger partial charge on any atom is 0.155 e. The van der Waals surface area contributed by atoms with Gasteiger partial charge < -0.3 is 0 Å². The van der Waals surface area contributed by atoms with Gasteiger partial charge in [0.2, 0.25) is 0 Å². The van der Waals surface area contributed by atoms with Crippen LogP contribution in [0.1, 0.15) is 34.1 Å². The first-order valence-electron chi connectivity index (χ1n) is 4.16. The van der Waals surface area contributed by atoms with Crippen LogP contribution in [-0.2, 0) is 4.79 Å². The van der Waals surface area contributed by atoms with Crippen molar-refractivity contribution in [2.45, 2.75) is 34.1 Å². The zero-order chi connectivity index (χ0) is 8.65. The molecule has 1 aliphatic rings. The minimum absolute atomic E-state index is 0.216. The summed E-state index contributed by atoms with van der Waals surface area (Å²) in [6, 6.07) is 0. The van der Waals surface area contributed by atoms with E-state index in [1.165, 1.54) is 5.57 Å². The van der Waals surface area contributed by atoms with Crippen LogP contribution in [0.25, 0.3) is 0 Å². The Morgan fingerprint density at radius 2 is 2.09 bits per heavy atom. The lowest BCUT2D eigenvalue weighted by Gasteiger charge is -2.35. The Hall–Kier alpha value is -0.590. The third kappa shape index (κ3) is 1.37. The molecule has 0 aromatic rings. The van der Waals surface area contributed by atoms with Crippen LogP contribution in [0.3, 0.4) is 0 Å². The molecule has 0 aromatic carbocycles. The molecule has 1 aliphatic carbocycles. The summed E-state index contributed by atoms with van der Waals surface area (Å²) >= 11 is 0. The maximum absolute atomic E-state index is 11.1. The highest BCUT2D eigenvalue weighted by molar-refractivity contribution is 5.91. The SMILES string of the molecule is CC1=CC(=O)C[C@@H](C)C1(C)C. The van der Waals surface area contributed by atoms with Gasteiger partial charge in [0.1, 0.15) is 0 Å². The van der Waals surface area contributed by atoms with E-state index < -0.39 is 0 Å². The number of allylic oxidation sites excluding steroid dienone is 2. The molecule has 0 aliphatic heterocycles. The summed E-state index contributed by atoms with van der Waals surface area (Å²) in [5, 5.41) is 0. The second-order valence-electron chi connectivity index (χ2n) is 4.12. The van der Waals surface area contributed by atoms with Crippen molar-refractivity contribution in [3.63, 3.8) is 0 Å². The van der Waals surface area contributed by atoms with Gasteiger partial charge in [-0.25, -0.2) is 0 Å². The van der Waals surface area contributed by atoms with E-state index in [1.54, 1.807) is 6.08 Å². The topological polar surface area (TPSA) is 17.1 Å². The number of ketones is 1. The van der Waals surface area contributed by atoms with E-state index in [4.69, 9.17) is 0 Å². The highest BCUT2D eigenvalue weighted by Crippen LogP contribution is 2.39. The molecule has 1 rings (SSSR count). The Kier molecular flexibility index (Phi) is 1.91. The van der Waals surface area contributed by atoms with E-state index in [2.05, 4.69) is 20.8 Å². The molecule has 0 spiro atoms. The first kappa shape index (κ1) is 8.51. The largest absolute Gasteiger partial charge is 0.295 e. The average Bonchev–Trinajstić information content (AvgIpc) is 1.84. The molecule has 0 radical (unpaired) electrons. The number of carbonyl (C=O) groups excluding carboxylic acids is 1. The fourth-order valence-corrected chi connectivity index (χ4v) is 1.43. The Bertz CT molecular complexity index is 211. The van der Waals surface area contributed by atoms with Crippen molar-refractivity contribution in [3.8, 4) is 0 Å². The summed E-state index contributed by atoms with van der Waals surface area (Å²) in [6.45, 7) is 8.60. The van der Waals surface area contributed by atoms with Crippen LogP contribution in [0.5, 0.6) is 0 Å². The molecule has 0 bridgehead atoms. The normalized spacial score (nSPS) is 30.0. The van der Waals surface area contributed by atoms with Gasteiger partial charge in [-0.15, -0.1) is 0 Å². The number of hydrogen-bond acceptors (Lipinski definition) is 1. The van der Waals surface area contributed by atoms with Gasteiger partial charge in [-0.05, 0) is 24.3 Å². The van der Waals surface area contributed by atoms with Crippen LogP contribution in [0, 0.1) is 11.3 Å². The molecular weight excluding hydrogens is 136 g/mol. The van der Waals surface area contributed by atoms with Crippen molar-refractivity contribution in [2.24, 2.45) is 11.3 Å². The van der Waals surface area contributed by atoms with Crippen molar-refractivity contribution >= 4 is 5.78 Å². The molecule has 0 heterocycles. The second-order valence-corrected chi connectivity index (χ2v) is 4.12. The van der Waals surface area contributed by atoms with Crippen LogP contribution in [0.2, 0.25) is 0 Å². The van der Waals surface area contributed by atoms with E-state index in [1.807, 2.05) is 6.92 Å². The van der Waals surface area contributed by atoms with E-state index in [0.717, 1.165) is 0 Å². The van der Waals surface area contributed by atoms with Crippen molar-refractivity contribution in [1.82, 2.24) is 0 Å². The fraction of sp³-hybridized carbons (Fsp3) is 0.700. The van der Waals surface area contributed by atoms with Gasteiger partial charge in [-0.2, -0.15) is 0 Å². The van der Waals surface area contributed by atoms with Gasteiger partial charge in [0, 0.05) is 6.42 Å². The summed E-state index contributed by atoms with van der Waals surface area (Å²) in [4.78, 5) is 11.1. The van der Waals surface area contributed by atoms with Crippen LogP contribution >= 0.6 is 0 Å². The zero-order valence-corrected chi connectivity index (χ0v) is 7.77. The molecule has 1 heteroatoms. The summed E-state index contributed by atoms with van der Waals surface area (Å²) in [7, 11) is 0. The Morgan fingerprint density at radius 1 is 1.55 bits per heavy atom. The van der Waals surface area contributed by atoms with E-state index in [-0.39, 0.29) is 11.2 Å². The second kappa shape index (κ2) is 2.47. The van der Waals surface area contributed by atoms with Crippen molar-refractivity contribution in [1.29, 1.82) is 0 Å². The smallest absolute Gasteiger partial charge is 0.155 e. The Labute approximate surface area is 68.5 Å². The number of hydrogen-bond donors (Lipinski definition) is 0. The first-order valence-corrected chi connectivity index (χ1v) is 4.16. The molecule has 0 N–H and O–H groups in total. The standard InChI is InChI=1S/C10H16O/c1-7-5-9(11)6-8(2)10(7,3)4/h5,8H,6H2,1-4H3/t8-/m1/s1. The van der Waals surface area contributed by atoms with E-state index in [0.29, 0.717) is 12.3 Å². The molecule has 0 amide bonds. The molecule has 62 valence electrons. The monoisotopic (exact) mass is 152 g/mol. The van der Waals surface area contributed by atoms with E-state index in [9.17, 15) is 4.79 Å². The predicted molar refractivity (Wildman–Crippen MR) is 46.3 cm³/mol. The fourth-order valence-electron chi connectivity index (χ4n) is 1.43.